The SMILES string of the molecule is Cc1ccccc1-n1cc(C=O)c(-c2cc(Cl)sc2Cl)n1. The summed E-state index contributed by atoms with van der Waals surface area (Å²) in [4.78, 5) is 11.3. The van der Waals surface area contributed by atoms with E-state index in [-0.39, 0.29) is 0 Å². The number of rotatable bonds is 3. The lowest BCUT2D eigenvalue weighted by atomic mass is 10.2. The zero-order chi connectivity index (χ0) is 15.0. The zero-order valence-electron chi connectivity index (χ0n) is 11.0. The molecule has 0 bridgehead atoms. The molecule has 3 aromatic rings. The maximum absolute atomic E-state index is 11.3. The number of carbonyl (C=O) groups excluding carboxylic acids is 1. The number of nitrogens with zero attached hydrogens (tertiary/aromatic N) is 2. The average molecular weight is 337 g/mol. The number of benzene rings is 1. The van der Waals surface area contributed by atoms with Gasteiger partial charge >= 0.3 is 0 Å². The van der Waals surface area contributed by atoms with Crippen molar-refractivity contribution in [3.05, 3.63) is 56.3 Å². The molecular weight excluding hydrogens is 327 g/mol. The highest BCUT2D eigenvalue weighted by molar-refractivity contribution is 7.20. The van der Waals surface area contributed by atoms with E-state index in [0.717, 1.165) is 17.5 Å². The van der Waals surface area contributed by atoms with E-state index in [1.165, 1.54) is 11.3 Å². The first-order chi connectivity index (χ1) is 10.1. The van der Waals surface area contributed by atoms with Crippen LogP contribution in [0.25, 0.3) is 16.9 Å². The van der Waals surface area contributed by atoms with Gasteiger partial charge in [-0.3, -0.25) is 4.79 Å². The van der Waals surface area contributed by atoms with Gasteiger partial charge in [-0.2, -0.15) is 5.10 Å². The van der Waals surface area contributed by atoms with Crippen LogP contribution in [0.2, 0.25) is 8.67 Å². The largest absolute Gasteiger partial charge is 0.298 e. The molecule has 1 aromatic carbocycles. The van der Waals surface area contributed by atoms with E-state index in [4.69, 9.17) is 23.2 Å². The molecule has 2 aromatic heterocycles. The highest BCUT2D eigenvalue weighted by Crippen LogP contribution is 2.38. The van der Waals surface area contributed by atoms with Crippen LogP contribution in [-0.2, 0) is 0 Å². The van der Waals surface area contributed by atoms with Crippen molar-refractivity contribution >= 4 is 40.8 Å². The van der Waals surface area contributed by atoms with Crippen molar-refractivity contribution in [2.45, 2.75) is 6.92 Å². The minimum Gasteiger partial charge on any atom is -0.298 e. The first-order valence-electron chi connectivity index (χ1n) is 6.16. The molecule has 0 saturated heterocycles. The highest BCUT2D eigenvalue weighted by atomic mass is 35.5. The van der Waals surface area contributed by atoms with E-state index < -0.39 is 0 Å². The van der Waals surface area contributed by atoms with Crippen LogP contribution in [-0.4, -0.2) is 16.1 Å². The van der Waals surface area contributed by atoms with Gasteiger partial charge in [-0.05, 0) is 24.6 Å². The van der Waals surface area contributed by atoms with Gasteiger partial charge in [0.1, 0.15) is 10.0 Å². The fourth-order valence-corrected chi connectivity index (χ4v) is 3.59. The van der Waals surface area contributed by atoms with Crippen molar-refractivity contribution < 1.29 is 4.79 Å². The summed E-state index contributed by atoms with van der Waals surface area (Å²) in [5.74, 6) is 0. The van der Waals surface area contributed by atoms with Gasteiger partial charge in [0.05, 0.1) is 15.6 Å². The first-order valence-corrected chi connectivity index (χ1v) is 7.73. The number of aldehydes is 1. The third-order valence-corrected chi connectivity index (χ3v) is 4.63. The zero-order valence-corrected chi connectivity index (χ0v) is 13.3. The molecule has 6 heteroatoms. The van der Waals surface area contributed by atoms with Crippen LogP contribution >= 0.6 is 34.5 Å². The molecule has 2 heterocycles. The maximum atomic E-state index is 11.3. The number of halogens is 2. The van der Waals surface area contributed by atoms with Crippen LogP contribution in [0, 0.1) is 6.92 Å². The van der Waals surface area contributed by atoms with Gasteiger partial charge in [0, 0.05) is 11.8 Å². The van der Waals surface area contributed by atoms with Crippen molar-refractivity contribution in [3.63, 3.8) is 0 Å². The molecule has 0 radical (unpaired) electrons. The summed E-state index contributed by atoms with van der Waals surface area (Å²) in [6.07, 6.45) is 2.48. The Bertz CT molecular complexity index is 823. The van der Waals surface area contributed by atoms with Gasteiger partial charge in [-0.25, -0.2) is 4.68 Å². The Balaban J connectivity index is 2.18. The van der Waals surface area contributed by atoms with E-state index in [1.807, 2.05) is 31.2 Å². The molecule has 0 N–H and O–H groups in total. The first kappa shape index (κ1) is 14.3. The van der Waals surface area contributed by atoms with Crippen LogP contribution in [0.5, 0.6) is 0 Å². The third-order valence-electron chi connectivity index (χ3n) is 3.14. The van der Waals surface area contributed by atoms with E-state index in [1.54, 1.807) is 16.9 Å². The lowest BCUT2D eigenvalue weighted by molar-refractivity contribution is 0.112. The summed E-state index contributed by atoms with van der Waals surface area (Å²) >= 11 is 13.4. The number of carbonyl (C=O) groups is 1. The normalized spacial score (nSPS) is 10.8. The number of aromatic nitrogens is 2. The molecule has 3 nitrogen and oxygen atoms in total. The Morgan fingerprint density at radius 3 is 2.67 bits per heavy atom. The minimum absolute atomic E-state index is 0.481. The summed E-state index contributed by atoms with van der Waals surface area (Å²) in [5.41, 5.74) is 3.69. The molecule has 0 spiro atoms. The second kappa shape index (κ2) is 5.64. The highest BCUT2D eigenvalue weighted by Gasteiger charge is 2.17. The summed E-state index contributed by atoms with van der Waals surface area (Å²) in [5, 5.41) is 4.51. The molecule has 0 atom stereocenters. The van der Waals surface area contributed by atoms with Crippen LogP contribution < -0.4 is 0 Å². The Labute approximate surface area is 135 Å². The second-order valence-electron chi connectivity index (χ2n) is 4.52. The standard InChI is InChI=1S/C15H10Cl2N2OS/c1-9-4-2-3-5-12(9)19-7-10(8-20)14(18-19)11-6-13(16)21-15(11)17/h2-8H,1H3. The lowest BCUT2D eigenvalue weighted by Crippen LogP contribution is -1.97. The molecule has 106 valence electrons. The van der Waals surface area contributed by atoms with Crippen molar-refractivity contribution in [3.8, 4) is 16.9 Å². The fraction of sp³-hybridized carbons (Fsp3) is 0.0667. The number of hydrogen-bond acceptors (Lipinski definition) is 3. The van der Waals surface area contributed by atoms with Crippen LogP contribution in [0.15, 0.2) is 36.5 Å². The molecule has 0 aliphatic heterocycles. The predicted molar refractivity (Wildman–Crippen MR) is 87.0 cm³/mol. The predicted octanol–water partition coefficient (Wildman–Crippen LogP) is 5.03. The van der Waals surface area contributed by atoms with Gasteiger partial charge < -0.3 is 0 Å². The number of aryl methyl sites for hydroxylation is 1. The van der Waals surface area contributed by atoms with Gasteiger partial charge in [-0.1, -0.05) is 41.4 Å². The smallest absolute Gasteiger partial charge is 0.153 e. The average Bonchev–Trinajstić information content (AvgIpc) is 3.02. The van der Waals surface area contributed by atoms with Gasteiger partial charge in [0.2, 0.25) is 0 Å². The molecule has 0 unspecified atom stereocenters. The number of para-hydroxylation sites is 1. The monoisotopic (exact) mass is 336 g/mol. The Kier molecular flexibility index (Phi) is 3.85. The van der Waals surface area contributed by atoms with E-state index in [0.29, 0.717) is 25.5 Å². The van der Waals surface area contributed by atoms with E-state index in [2.05, 4.69) is 5.10 Å². The van der Waals surface area contributed by atoms with Gasteiger partial charge in [0.25, 0.3) is 0 Å². The van der Waals surface area contributed by atoms with Crippen LogP contribution in [0.4, 0.5) is 0 Å². The summed E-state index contributed by atoms with van der Waals surface area (Å²) in [7, 11) is 0. The molecular formula is C15H10Cl2N2OS. The van der Waals surface area contributed by atoms with Crippen LogP contribution in [0.3, 0.4) is 0 Å². The van der Waals surface area contributed by atoms with Crippen molar-refractivity contribution in [1.29, 1.82) is 0 Å². The molecule has 21 heavy (non-hydrogen) atoms. The molecule has 0 aliphatic carbocycles. The molecule has 0 saturated carbocycles. The number of hydrogen-bond donors (Lipinski definition) is 0. The second-order valence-corrected chi connectivity index (χ2v) is 6.81. The third kappa shape index (κ3) is 2.62. The van der Waals surface area contributed by atoms with Gasteiger partial charge in [0.15, 0.2) is 6.29 Å². The summed E-state index contributed by atoms with van der Waals surface area (Å²) < 4.78 is 2.78. The van der Waals surface area contributed by atoms with Crippen molar-refractivity contribution in [2.75, 3.05) is 0 Å². The summed E-state index contributed by atoms with van der Waals surface area (Å²) in [6.45, 7) is 1.99. The molecule has 0 amide bonds. The Morgan fingerprint density at radius 2 is 2.05 bits per heavy atom. The molecule has 0 fully saturated rings. The van der Waals surface area contributed by atoms with Crippen LogP contribution in [0.1, 0.15) is 15.9 Å². The fourth-order valence-electron chi connectivity index (χ4n) is 2.13. The quantitative estimate of drug-likeness (QED) is 0.629. The topological polar surface area (TPSA) is 34.9 Å². The van der Waals surface area contributed by atoms with Gasteiger partial charge in [-0.15, -0.1) is 11.3 Å². The number of thiophene rings is 1. The Morgan fingerprint density at radius 1 is 1.29 bits per heavy atom. The summed E-state index contributed by atoms with van der Waals surface area (Å²) in [6, 6.07) is 9.55. The van der Waals surface area contributed by atoms with E-state index >= 15 is 0 Å². The minimum atomic E-state index is 0.481. The lowest BCUT2D eigenvalue weighted by Gasteiger charge is -2.04. The van der Waals surface area contributed by atoms with Crippen molar-refractivity contribution in [2.24, 2.45) is 0 Å². The van der Waals surface area contributed by atoms with E-state index in [9.17, 15) is 4.79 Å². The maximum Gasteiger partial charge on any atom is 0.153 e. The molecule has 0 aliphatic rings. The Hall–Kier alpha value is -1.62. The molecule has 3 rings (SSSR count). The van der Waals surface area contributed by atoms with Crippen molar-refractivity contribution in [1.82, 2.24) is 9.78 Å².